The van der Waals surface area contributed by atoms with Crippen molar-refractivity contribution in [2.45, 2.75) is 26.7 Å². The van der Waals surface area contributed by atoms with E-state index in [4.69, 9.17) is 6.42 Å². The number of terminal acetylenes is 1. The number of hydrogen-bond acceptors (Lipinski definition) is 2. The van der Waals surface area contributed by atoms with Gasteiger partial charge in [-0.25, -0.2) is 0 Å². The fraction of sp³-hybridized carbons (Fsp3) is 0.833. The van der Waals surface area contributed by atoms with Gasteiger partial charge in [0.25, 0.3) is 0 Å². The molecule has 14 heavy (non-hydrogen) atoms. The van der Waals surface area contributed by atoms with Crippen molar-refractivity contribution in [3.8, 4) is 12.3 Å². The molecule has 1 N–H and O–H groups in total. The molecule has 1 aliphatic heterocycles. The van der Waals surface area contributed by atoms with Gasteiger partial charge in [-0.1, -0.05) is 19.8 Å². The molecule has 2 nitrogen and oxygen atoms in total. The monoisotopic (exact) mass is 194 g/mol. The summed E-state index contributed by atoms with van der Waals surface area (Å²) in [4.78, 5) is 2.35. The van der Waals surface area contributed by atoms with Gasteiger partial charge in [-0.15, -0.1) is 6.42 Å². The van der Waals surface area contributed by atoms with Crippen molar-refractivity contribution in [2.75, 3.05) is 32.7 Å². The zero-order valence-corrected chi connectivity index (χ0v) is 9.47. The summed E-state index contributed by atoms with van der Waals surface area (Å²) in [5.74, 6) is 2.73. The fourth-order valence-electron chi connectivity index (χ4n) is 2.20. The summed E-state index contributed by atoms with van der Waals surface area (Å²) in [5, 5.41) is 3.47. The maximum absolute atomic E-state index is 5.35. The molecule has 80 valence electrons. The normalized spacial score (nSPS) is 27.6. The second-order valence-corrected chi connectivity index (χ2v) is 4.60. The third-order valence-corrected chi connectivity index (χ3v) is 3.05. The Kier molecular flexibility index (Phi) is 4.44. The highest BCUT2D eigenvalue weighted by Gasteiger charge is 2.28. The van der Waals surface area contributed by atoms with Gasteiger partial charge in [0, 0.05) is 13.1 Å². The van der Waals surface area contributed by atoms with Crippen LogP contribution in [0.5, 0.6) is 0 Å². The molecule has 0 aromatic heterocycles. The first-order valence-corrected chi connectivity index (χ1v) is 5.57. The van der Waals surface area contributed by atoms with Crippen molar-refractivity contribution < 1.29 is 0 Å². The minimum Gasteiger partial charge on any atom is -0.316 e. The summed E-state index contributed by atoms with van der Waals surface area (Å²) in [5.41, 5.74) is 0.422. The molecular formula is C12H22N2. The highest BCUT2D eigenvalue weighted by atomic mass is 15.1. The van der Waals surface area contributed by atoms with E-state index in [1.54, 1.807) is 0 Å². The first kappa shape index (κ1) is 11.6. The largest absolute Gasteiger partial charge is 0.316 e. The van der Waals surface area contributed by atoms with Crippen LogP contribution < -0.4 is 5.32 Å². The molecule has 0 spiro atoms. The van der Waals surface area contributed by atoms with E-state index >= 15 is 0 Å². The third-order valence-electron chi connectivity index (χ3n) is 3.05. The van der Waals surface area contributed by atoms with Crippen LogP contribution in [0, 0.1) is 17.8 Å². The van der Waals surface area contributed by atoms with Crippen molar-refractivity contribution >= 4 is 0 Å². The van der Waals surface area contributed by atoms with Crippen LogP contribution in [0.25, 0.3) is 0 Å². The highest BCUT2D eigenvalue weighted by molar-refractivity contribution is 4.91. The van der Waals surface area contributed by atoms with Crippen LogP contribution >= 0.6 is 0 Å². The highest BCUT2D eigenvalue weighted by Crippen LogP contribution is 2.26. The summed E-state index contributed by atoms with van der Waals surface area (Å²) in [6.45, 7) is 9.81. The van der Waals surface area contributed by atoms with E-state index in [-0.39, 0.29) is 0 Å². The molecule has 1 aliphatic rings. The van der Waals surface area contributed by atoms with Crippen molar-refractivity contribution in [2.24, 2.45) is 5.41 Å². The number of hydrogen-bond donors (Lipinski definition) is 1. The number of rotatable bonds is 4. The second-order valence-electron chi connectivity index (χ2n) is 4.60. The average Bonchev–Trinajstić information content (AvgIpc) is 2.18. The molecule has 1 fully saturated rings. The fourth-order valence-corrected chi connectivity index (χ4v) is 2.20. The quantitative estimate of drug-likeness (QED) is 0.679. The van der Waals surface area contributed by atoms with Gasteiger partial charge in [0.2, 0.25) is 0 Å². The predicted molar refractivity (Wildman–Crippen MR) is 61.2 cm³/mol. The summed E-state index contributed by atoms with van der Waals surface area (Å²) in [7, 11) is 0. The van der Waals surface area contributed by atoms with E-state index < -0.39 is 0 Å². The molecule has 1 saturated heterocycles. The topological polar surface area (TPSA) is 15.3 Å². The Morgan fingerprint density at radius 2 is 2.36 bits per heavy atom. The van der Waals surface area contributed by atoms with Crippen molar-refractivity contribution in [1.82, 2.24) is 10.2 Å². The van der Waals surface area contributed by atoms with Crippen LogP contribution in [0.1, 0.15) is 26.7 Å². The second kappa shape index (κ2) is 5.38. The van der Waals surface area contributed by atoms with Crippen LogP contribution in [-0.4, -0.2) is 37.6 Å². The molecule has 1 rings (SSSR count). The Hall–Kier alpha value is -0.520. The van der Waals surface area contributed by atoms with Crippen LogP contribution in [-0.2, 0) is 0 Å². The van der Waals surface area contributed by atoms with Crippen LogP contribution in [0.4, 0.5) is 0 Å². The predicted octanol–water partition coefficient (Wildman–Crippen LogP) is 1.33. The van der Waals surface area contributed by atoms with Gasteiger partial charge in [0.05, 0.1) is 6.54 Å². The van der Waals surface area contributed by atoms with Gasteiger partial charge in [-0.05, 0) is 31.3 Å². The lowest BCUT2D eigenvalue weighted by molar-refractivity contribution is 0.148. The molecule has 0 bridgehead atoms. The lowest BCUT2D eigenvalue weighted by atomic mass is 9.82. The molecule has 1 atom stereocenters. The smallest absolute Gasteiger partial charge is 0.0599 e. The van der Waals surface area contributed by atoms with E-state index in [0.29, 0.717) is 5.41 Å². The zero-order valence-electron chi connectivity index (χ0n) is 9.47. The molecule has 2 heteroatoms. The first-order valence-electron chi connectivity index (χ1n) is 5.57. The van der Waals surface area contributed by atoms with Crippen molar-refractivity contribution in [1.29, 1.82) is 0 Å². The van der Waals surface area contributed by atoms with Gasteiger partial charge in [0.1, 0.15) is 0 Å². The molecule has 0 amide bonds. The van der Waals surface area contributed by atoms with Gasteiger partial charge in [-0.2, -0.15) is 0 Å². The molecule has 0 saturated carbocycles. The van der Waals surface area contributed by atoms with Gasteiger partial charge in [0.15, 0.2) is 0 Å². The summed E-state index contributed by atoms with van der Waals surface area (Å²) in [6.07, 6.45) is 7.96. The Balaban J connectivity index is 2.43. The van der Waals surface area contributed by atoms with E-state index in [0.717, 1.165) is 26.2 Å². The minimum absolute atomic E-state index is 0.422. The van der Waals surface area contributed by atoms with Crippen LogP contribution in [0.15, 0.2) is 0 Å². The standard InChI is InChI=1S/C12H22N2/c1-4-9-14(5-2)11-12(3)7-6-8-13-10-12/h1,13H,5-11H2,2-3H3. The lowest BCUT2D eigenvalue weighted by Crippen LogP contribution is -2.45. The third kappa shape index (κ3) is 3.32. The summed E-state index contributed by atoms with van der Waals surface area (Å²) in [6, 6.07) is 0. The van der Waals surface area contributed by atoms with Crippen molar-refractivity contribution in [3.05, 3.63) is 0 Å². The molecule has 0 aromatic carbocycles. The molecule has 1 unspecified atom stereocenters. The maximum atomic E-state index is 5.35. The first-order chi connectivity index (χ1) is 6.70. The SMILES string of the molecule is C#CCN(CC)CC1(C)CCCNC1. The Morgan fingerprint density at radius 1 is 1.57 bits per heavy atom. The molecule has 0 aliphatic carbocycles. The van der Waals surface area contributed by atoms with Crippen LogP contribution in [0.2, 0.25) is 0 Å². The minimum atomic E-state index is 0.422. The summed E-state index contributed by atoms with van der Waals surface area (Å²) < 4.78 is 0. The molecule has 0 radical (unpaired) electrons. The number of piperidine rings is 1. The van der Waals surface area contributed by atoms with E-state index in [1.165, 1.54) is 19.4 Å². The Bertz CT molecular complexity index is 199. The van der Waals surface area contributed by atoms with E-state index in [1.807, 2.05) is 0 Å². The Morgan fingerprint density at radius 3 is 2.86 bits per heavy atom. The van der Waals surface area contributed by atoms with Gasteiger partial charge >= 0.3 is 0 Å². The Labute approximate surface area is 88.1 Å². The average molecular weight is 194 g/mol. The molecule has 1 heterocycles. The van der Waals surface area contributed by atoms with E-state index in [2.05, 4.69) is 30.0 Å². The van der Waals surface area contributed by atoms with Gasteiger partial charge < -0.3 is 5.32 Å². The zero-order chi connectivity index (χ0) is 10.4. The van der Waals surface area contributed by atoms with Gasteiger partial charge in [-0.3, -0.25) is 4.90 Å². The number of nitrogens with zero attached hydrogens (tertiary/aromatic N) is 1. The van der Waals surface area contributed by atoms with Crippen molar-refractivity contribution in [3.63, 3.8) is 0 Å². The van der Waals surface area contributed by atoms with Crippen LogP contribution in [0.3, 0.4) is 0 Å². The summed E-state index contributed by atoms with van der Waals surface area (Å²) >= 11 is 0. The number of nitrogens with one attached hydrogen (secondary N) is 1. The molecular weight excluding hydrogens is 172 g/mol. The molecule has 0 aromatic rings. The maximum Gasteiger partial charge on any atom is 0.0599 e. The lowest BCUT2D eigenvalue weighted by Gasteiger charge is -2.37. The van der Waals surface area contributed by atoms with E-state index in [9.17, 15) is 0 Å².